The summed E-state index contributed by atoms with van der Waals surface area (Å²) in [6, 6.07) is 4.80. The average molecular weight is 343 g/mol. The topological polar surface area (TPSA) is 88.5 Å². The Morgan fingerprint density at radius 3 is 2.60 bits per heavy atom. The lowest BCUT2D eigenvalue weighted by Crippen LogP contribution is -2.24. The molecule has 1 aromatic heterocycles. The van der Waals surface area contributed by atoms with Crippen LogP contribution in [0.5, 0.6) is 0 Å². The van der Waals surface area contributed by atoms with Gasteiger partial charge in [-0.1, -0.05) is 0 Å². The Balaban J connectivity index is 1.82. The maximum absolute atomic E-state index is 12.3. The number of urea groups is 1. The molecule has 2 amide bonds. The lowest BCUT2D eigenvalue weighted by atomic mass is 10.1. The van der Waals surface area contributed by atoms with E-state index in [1.165, 1.54) is 7.11 Å². The van der Waals surface area contributed by atoms with Gasteiger partial charge in [-0.25, -0.2) is 9.59 Å². The number of carbonyl (C=O) groups excluding carboxylic acids is 2. The fraction of sp³-hybridized carbons (Fsp3) is 0.353. The quantitative estimate of drug-likeness (QED) is 0.833. The first-order valence-electron chi connectivity index (χ1n) is 8.11. The fourth-order valence-electron chi connectivity index (χ4n) is 2.89. The van der Waals surface area contributed by atoms with Crippen LogP contribution in [0.15, 0.2) is 30.6 Å². The van der Waals surface area contributed by atoms with E-state index in [2.05, 4.69) is 20.6 Å². The summed E-state index contributed by atoms with van der Waals surface area (Å²) in [5.41, 5.74) is 2.45. The molecule has 1 aliphatic heterocycles. The highest BCUT2D eigenvalue weighted by Gasteiger charge is 2.19. The maximum Gasteiger partial charge on any atom is 0.337 e. The zero-order valence-electron chi connectivity index (χ0n) is 14.3. The zero-order chi connectivity index (χ0) is 17.8. The third kappa shape index (κ3) is 3.90. The Hall–Kier alpha value is -3.03. The summed E-state index contributed by atoms with van der Waals surface area (Å²) in [7, 11) is 3.10. The van der Waals surface area contributed by atoms with Crippen LogP contribution in [0.3, 0.4) is 0 Å². The Morgan fingerprint density at radius 1 is 1.20 bits per heavy atom. The average Bonchev–Trinajstić information content (AvgIpc) is 3.26. The van der Waals surface area contributed by atoms with Crippen LogP contribution in [-0.2, 0) is 11.8 Å². The van der Waals surface area contributed by atoms with Gasteiger partial charge in [0.2, 0.25) is 0 Å². The number of methoxy groups -OCH3 is 1. The highest BCUT2D eigenvalue weighted by Crippen LogP contribution is 2.30. The normalized spacial score (nSPS) is 13.6. The number of nitrogens with one attached hydrogen (secondary N) is 2. The molecule has 1 aromatic carbocycles. The first kappa shape index (κ1) is 16.8. The van der Waals surface area contributed by atoms with Gasteiger partial charge in [0.05, 0.1) is 35.9 Å². The van der Waals surface area contributed by atoms with Crippen molar-refractivity contribution < 1.29 is 14.3 Å². The summed E-state index contributed by atoms with van der Waals surface area (Å²) < 4.78 is 6.37. The molecular weight excluding hydrogens is 322 g/mol. The minimum Gasteiger partial charge on any atom is -0.465 e. The van der Waals surface area contributed by atoms with Gasteiger partial charge >= 0.3 is 12.0 Å². The molecule has 0 radical (unpaired) electrons. The summed E-state index contributed by atoms with van der Waals surface area (Å²) in [6.45, 7) is 1.85. The van der Waals surface area contributed by atoms with E-state index in [1.807, 2.05) is 6.07 Å². The molecule has 1 saturated heterocycles. The molecule has 25 heavy (non-hydrogen) atoms. The number of nitrogens with zero attached hydrogens (tertiary/aromatic N) is 3. The number of esters is 1. The van der Waals surface area contributed by atoms with Gasteiger partial charge in [0.25, 0.3) is 0 Å². The Labute approximate surface area is 145 Å². The molecule has 1 aliphatic rings. The predicted octanol–water partition coefficient (Wildman–Crippen LogP) is 2.45. The van der Waals surface area contributed by atoms with Crippen molar-refractivity contribution in [1.29, 1.82) is 0 Å². The molecule has 0 unspecified atom stereocenters. The number of hydrogen-bond donors (Lipinski definition) is 2. The Bertz CT molecular complexity index is 780. The second kappa shape index (κ2) is 7.25. The SMILES string of the molecule is COC(=O)c1ccc(N2CCCC2)c(NC(=O)Nc2cnn(C)c2)c1. The Kier molecular flexibility index (Phi) is 4.87. The predicted molar refractivity (Wildman–Crippen MR) is 95.1 cm³/mol. The van der Waals surface area contributed by atoms with E-state index in [1.54, 1.807) is 36.3 Å². The summed E-state index contributed by atoms with van der Waals surface area (Å²) in [5, 5.41) is 9.56. The standard InChI is InChI=1S/C17H21N5O3/c1-21-11-13(10-18-21)19-17(24)20-14-9-12(16(23)25-2)5-6-15(14)22-7-3-4-8-22/h5-6,9-11H,3-4,7-8H2,1-2H3,(H2,19,20,24). The first-order chi connectivity index (χ1) is 12.1. The van der Waals surface area contributed by atoms with Gasteiger partial charge in [-0.05, 0) is 31.0 Å². The molecule has 2 heterocycles. The van der Waals surface area contributed by atoms with E-state index < -0.39 is 12.0 Å². The van der Waals surface area contributed by atoms with Crippen LogP contribution in [0.1, 0.15) is 23.2 Å². The minimum atomic E-state index is -0.441. The molecule has 0 aliphatic carbocycles. The van der Waals surface area contributed by atoms with Crippen LogP contribution in [0.4, 0.5) is 21.9 Å². The van der Waals surface area contributed by atoms with E-state index in [-0.39, 0.29) is 0 Å². The molecule has 0 spiro atoms. The summed E-state index contributed by atoms with van der Waals surface area (Å²) >= 11 is 0. The van der Waals surface area contributed by atoms with Crippen molar-refractivity contribution in [2.24, 2.45) is 7.05 Å². The highest BCUT2D eigenvalue weighted by atomic mass is 16.5. The molecule has 0 bridgehead atoms. The number of rotatable bonds is 4. The van der Waals surface area contributed by atoms with Crippen molar-refractivity contribution >= 4 is 29.1 Å². The van der Waals surface area contributed by atoms with Crippen LogP contribution in [0.2, 0.25) is 0 Å². The third-order valence-electron chi connectivity index (χ3n) is 4.08. The van der Waals surface area contributed by atoms with E-state index >= 15 is 0 Å². The van der Waals surface area contributed by atoms with Crippen molar-refractivity contribution in [3.8, 4) is 0 Å². The van der Waals surface area contributed by atoms with E-state index in [0.717, 1.165) is 31.6 Å². The first-order valence-corrected chi connectivity index (χ1v) is 8.11. The number of benzene rings is 1. The van der Waals surface area contributed by atoms with Gasteiger partial charge in [0.1, 0.15) is 0 Å². The summed E-state index contributed by atoms with van der Waals surface area (Å²) in [6.07, 6.45) is 5.48. The molecule has 8 nitrogen and oxygen atoms in total. The number of anilines is 3. The monoisotopic (exact) mass is 343 g/mol. The lowest BCUT2D eigenvalue weighted by molar-refractivity contribution is 0.0601. The highest BCUT2D eigenvalue weighted by molar-refractivity contribution is 6.03. The zero-order valence-corrected chi connectivity index (χ0v) is 14.3. The smallest absolute Gasteiger partial charge is 0.337 e. The van der Waals surface area contributed by atoms with E-state index in [0.29, 0.717) is 16.9 Å². The minimum absolute atomic E-state index is 0.391. The second-order valence-corrected chi connectivity index (χ2v) is 5.90. The molecule has 0 saturated carbocycles. The summed E-state index contributed by atoms with van der Waals surface area (Å²) in [5.74, 6) is -0.441. The van der Waals surface area contributed by atoms with Crippen LogP contribution < -0.4 is 15.5 Å². The largest absolute Gasteiger partial charge is 0.465 e. The fourth-order valence-corrected chi connectivity index (χ4v) is 2.89. The van der Waals surface area contributed by atoms with Crippen molar-refractivity contribution in [2.75, 3.05) is 35.7 Å². The van der Waals surface area contributed by atoms with Gasteiger partial charge in [-0.3, -0.25) is 4.68 Å². The lowest BCUT2D eigenvalue weighted by Gasteiger charge is -2.22. The molecule has 8 heteroatoms. The van der Waals surface area contributed by atoms with Gasteiger partial charge in [-0.15, -0.1) is 0 Å². The van der Waals surface area contributed by atoms with Crippen molar-refractivity contribution in [3.05, 3.63) is 36.2 Å². The molecule has 1 fully saturated rings. The number of aromatic nitrogens is 2. The van der Waals surface area contributed by atoms with Crippen molar-refractivity contribution in [3.63, 3.8) is 0 Å². The molecular formula is C17H21N5O3. The van der Waals surface area contributed by atoms with Gasteiger partial charge < -0.3 is 20.3 Å². The molecule has 3 rings (SSSR count). The van der Waals surface area contributed by atoms with Gasteiger partial charge in [0, 0.05) is 26.3 Å². The number of amides is 2. The van der Waals surface area contributed by atoms with E-state index in [9.17, 15) is 9.59 Å². The number of carbonyl (C=O) groups is 2. The van der Waals surface area contributed by atoms with Gasteiger partial charge in [0.15, 0.2) is 0 Å². The van der Waals surface area contributed by atoms with Crippen LogP contribution >= 0.6 is 0 Å². The number of hydrogen-bond acceptors (Lipinski definition) is 5. The van der Waals surface area contributed by atoms with Gasteiger partial charge in [-0.2, -0.15) is 5.10 Å². The number of ether oxygens (including phenoxy) is 1. The maximum atomic E-state index is 12.3. The van der Waals surface area contributed by atoms with Crippen molar-refractivity contribution in [1.82, 2.24) is 9.78 Å². The van der Waals surface area contributed by atoms with E-state index in [4.69, 9.17) is 4.74 Å². The molecule has 0 atom stereocenters. The molecule has 132 valence electrons. The van der Waals surface area contributed by atoms with Crippen LogP contribution in [-0.4, -0.2) is 42.0 Å². The third-order valence-corrected chi connectivity index (χ3v) is 4.08. The second-order valence-electron chi connectivity index (χ2n) is 5.90. The Morgan fingerprint density at radius 2 is 1.96 bits per heavy atom. The van der Waals surface area contributed by atoms with Crippen LogP contribution in [0.25, 0.3) is 0 Å². The van der Waals surface area contributed by atoms with Crippen LogP contribution in [0, 0.1) is 0 Å². The molecule has 2 N–H and O–H groups in total. The number of aryl methyl sites for hydroxylation is 1. The van der Waals surface area contributed by atoms with Crippen molar-refractivity contribution in [2.45, 2.75) is 12.8 Å². The molecule has 2 aromatic rings. The summed E-state index contributed by atoms with van der Waals surface area (Å²) in [4.78, 5) is 26.3.